The lowest BCUT2D eigenvalue weighted by Gasteiger charge is -2.15. The Labute approximate surface area is 98.3 Å². The van der Waals surface area contributed by atoms with Crippen molar-refractivity contribution >= 4 is 0 Å². The van der Waals surface area contributed by atoms with Gasteiger partial charge in [-0.25, -0.2) is 0 Å². The molecule has 0 heterocycles. The number of hydrogen-bond donors (Lipinski definition) is 2. The van der Waals surface area contributed by atoms with E-state index in [1.807, 2.05) is 0 Å². The van der Waals surface area contributed by atoms with E-state index >= 15 is 0 Å². The minimum absolute atomic E-state index is 0.198. The van der Waals surface area contributed by atoms with E-state index in [0.29, 0.717) is 25.9 Å². The number of hydrogen-bond acceptors (Lipinski definition) is 4. The van der Waals surface area contributed by atoms with Gasteiger partial charge in [0.1, 0.15) is 0 Å². The predicted molar refractivity (Wildman–Crippen MR) is 63.6 cm³/mol. The average molecular weight is 231 g/mol. The molecule has 1 fully saturated rings. The lowest BCUT2D eigenvalue weighted by molar-refractivity contribution is 0.0423. The fourth-order valence-corrected chi connectivity index (χ4v) is 1.50. The molecule has 0 aromatic heterocycles. The molecule has 1 rings (SSSR count). The molecule has 0 aromatic rings. The zero-order valence-corrected chi connectivity index (χ0v) is 10.3. The molecule has 0 saturated heterocycles. The zero-order valence-electron chi connectivity index (χ0n) is 10.3. The van der Waals surface area contributed by atoms with E-state index < -0.39 is 0 Å². The maximum absolute atomic E-state index is 9.13. The number of nitrogens with one attached hydrogen (secondary N) is 1. The fraction of sp³-hybridized carbons (Fsp3) is 1.00. The summed E-state index contributed by atoms with van der Waals surface area (Å²) in [7, 11) is 0. The molecule has 0 aromatic carbocycles. The molecule has 0 amide bonds. The van der Waals surface area contributed by atoms with Crippen LogP contribution in [0.2, 0.25) is 0 Å². The standard InChI is InChI=1S/C12H25NO3/c1-2-6-15-8-9-16-7-5-12(10-14)13-11-3-4-11/h11-14H,2-10H2,1H3. The van der Waals surface area contributed by atoms with Crippen molar-refractivity contribution in [1.29, 1.82) is 0 Å². The molecule has 4 nitrogen and oxygen atoms in total. The summed E-state index contributed by atoms with van der Waals surface area (Å²) in [6.45, 7) is 5.13. The van der Waals surface area contributed by atoms with Crippen LogP contribution in [-0.2, 0) is 9.47 Å². The zero-order chi connectivity index (χ0) is 11.6. The maximum Gasteiger partial charge on any atom is 0.0700 e. The molecule has 1 aliphatic rings. The number of aliphatic hydroxyl groups excluding tert-OH is 1. The molecule has 1 aliphatic carbocycles. The molecule has 4 heteroatoms. The van der Waals surface area contributed by atoms with Crippen molar-refractivity contribution in [2.24, 2.45) is 0 Å². The highest BCUT2D eigenvalue weighted by Crippen LogP contribution is 2.19. The molecular formula is C12H25NO3. The van der Waals surface area contributed by atoms with Crippen LogP contribution in [0.5, 0.6) is 0 Å². The first-order chi connectivity index (χ1) is 7.86. The molecule has 0 radical (unpaired) electrons. The Morgan fingerprint density at radius 2 is 1.88 bits per heavy atom. The number of rotatable bonds is 11. The van der Waals surface area contributed by atoms with Crippen molar-refractivity contribution in [1.82, 2.24) is 5.32 Å². The minimum Gasteiger partial charge on any atom is -0.395 e. The summed E-state index contributed by atoms with van der Waals surface area (Å²) in [5.74, 6) is 0. The Hall–Kier alpha value is -0.160. The first-order valence-electron chi connectivity index (χ1n) is 6.39. The van der Waals surface area contributed by atoms with Gasteiger partial charge in [0.05, 0.1) is 19.8 Å². The fourth-order valence-electron chi connectivity index (χ4n) is 1.50. The third kappa shape index (κ3) is 7.17. The summed E-state index contributed by atoms with van der Waals surface area (Å²) >= 11 is 0. The second-order valence-electron chi connectivity index (χ2n) is 4.33. The lowest BCUT2D eigenvalue weighted by Crippen LogP contribution is -2.35. The molecule has 0 aliphatic heterocycles. The quantitative estimate of drug-likeness (QED) is 0.519. The van der Waals surface area contributed by atoms with Crippen LogP contribution < -0.4 is 5.32 Å². The number of aliphatic hydroxyl groups is 1. The third-order valence-corrected chi connectivity index (χ3v) is 2.60. The van der Waals surface area contributed by atoms with Crippen LogP contribution in [0, 0.1) is 0 Å². The van der Waals surface area contributed by atoms with Gasteiger partial charge in [0.15, 0.2) is 0 Å². The summed E-state index contributed by atoms with van der Waals surface area (Å²) in [6.07, 6.45) is 4.43. The van der Waals surface area contributed by atoms with E-state index in [9.17, 15) is 0 Å². The second-order valence-corrected chi connectivity index (χ2v) is 4.33. The Morgan fingerprint density at radius 3 is 2.44 bits per heavy atom. The molecule has 2 N–H and O–H groups in total. The van der Waals surface area contributed by atoms with Crippen LogP contribution >= 0.6 is 0 Å². The first-order valence-corrected chi connectivity index (χ1v) is 6.39. The van der Waals surface area contributed by atoms with Crippen molar-refractivity contribution in [3.8, 4) is 0 Å². The third-order valence-electron chi connectivity index (χ3n) is 2.60. The smallest absolute Gasteiger partial charge is 0.0700 e. The molecule has 1 atom stereocenters. The van der Waals surface area contributed by atoms with Gasteiger partial charge < -0.3 is 19.9 Å². The van der Waals surface area contributed by atoms with Crippen molar-refractivity contribution in [3.63, 3.8) is 0 Å². The van der Waals surface area contributed by atoms with Crippen LogP contribution in [0.4, 0.5) is 0 Å². The molecule has 1 saturated carbocycles. The van der Waals surface area contributed by atoms with Crippen LogP contribution in [0.15, 0.2) is 0 Å². The van der Waals surface area contributed by atoms with Gasteiger partial charge in [-0.2, -0.15) is 0 Å². The highest BCUT2D eigenvalue weighted by molar-refractivity contribution is 4.84. The minimum atomic E-state index is 0.198. The summed E-state index contributed by atoms with van der Waals surface area (Å²) in [5.41, 5.74) is 0. The SMILES string of the molecule is CCCOCCOCCC(CO)NC1CC1. The molecule has 1 unspecified atom stereocenters. The normalized spacial score (nSPS) is 17.6. The lowest BCUT2D eigenvalue weighted by atomic mass is 10.2. The number of ether oxygens (including phenoxy) is 2. The van der Waals surface area contributed by atoms with E-state index in [2.05, 4.69) is 12.2 Å². The van der Waals surface area contributed by atoms with Gasteiger partial charge in [-0.1, -0.05) is 6.92 Å². The van der Waals surface area contributed by atoms with Gasteiger partial charge in [-0.3, -0.25) is 0 Å². The highest BCUT2D eigenvalue weighted by atomic mass is 16.5. The summed E-state index contributed by atoms with van der Waals surface area (Å²) in [5, 5.41) is 12.5. The Morgan fingerprint density at radius 1 is 1.19 bits per heavy atom. The van der Waals surface area contributed by atoms with Crippen molar-refractivity contribution in [3.05, 3.63) is 0 Å². The van der Waals surface area contributed by atoms with Gasteiger partial charge in [-0.05, 0) is 25.7 Å². The maximum atomic E-state index is 9.13. The average Bonchev–Trinajstić information content (AvgIpc) is 3.10. The van der Waals surface area contributed by atoms with Gasteiger partial charge in [-0.15, -0.1) is 0 Å². The van der Waals surface area contributed by atoms with Crippen LogP contribution in [-0.4, -0.2) is 50.2 Å². The molecule has 16 heavy (non-hydrogen) atoms. The predicted octanol–water partition coefficient (Wildman–Crippen LogP) is 0.933. The second kappa shape index (κ2) is 8.93. The van der Waals surface area contributed by atoms with Crippen molar-refractivity contribution in [2.45, 2.75) is 44.7 Å². The van der Waals surface area contributed by atoms with Gasteiger partial charge in [0.2, 0.25) is 0 Å². The monoisotopic (exact) mass is 231 g/mol. The Bertz CT molecular complexity index is 162. The van der Waals surface area contributed by atoms with Gasteiger partial charge in [0, 0.05) is 25.3 Å². The van der Waals surface area contributed by atoms with Crippen LogP contribution in [0.3, 0.4) is 0 Å². The van der Waals surface area contributed by atoms with Crippen molar-refractivity contribution in [2.75, 3.05) is 33.0 Å². The van der Waals surface area contributed by atoms with E-state index in [1.165, 1.54) is 12.8 Å². The van der Waals surface area contributed by atoms with Gasteiger partial charge >= 0.3 is 0 Å². The highest BCUT2D eigenvalue weighted by Gasteiger charge is 2.23. The molecular weight excluding hydrogens is 206 g/mol. The topological polar surface area (TPSA) is 50.7 Å². The largest absolute Gasteiger partial charge is 0.395 e. The summed E-state index contributed by atoms with van der Waals surface area (Å²) in [6, 6.07) is 0.842. The molecule has 0 spiro atoms. The molecule has 96 valence electrons. The van der Waals surface area contributed by atoms with Crippen LogP contribution in [0.1, 0.15) is 32.6 Å². The van der Waals surface area contributed by atoms with Gasteiger partial charge in [0.25, 0.3) is 0 Å². The van der Waals surface area contributed by atoms with Crippen molar-refractivity contribution < 1.29 is 14.6 Å². The summed E-state index contributed by atoms with van der Waals surface area (Å²) < 4.78 is 10.7. The van der Waals surface area contributed by atoms with E-state index in [1.54, 1.807) is 0 Å². The Kier molecular flexibility index (Phi) is 7.76. The van der Waals surface area contributed by atoms with E-state index in [4.69, 9.17) is 14.6 Å². The molecule has 0 bridgehead atoms. The van der Waals surface area contributed by atoms with E-state index in [0.717, 1.165) is 19.4 Å². The first kappa shape index (κ1) is 13.9. The summed E-state index contributed by atoms with van der Waals surface area (Å²) in [4.78, 5) is 0. The van der Waals surface area contributed by atoms with Crippen LogP contribution in [0.25, 0.3) is 0 Å². The Balaban J connectivity index is 1.84. The van der Waals surface area contributed by atoms with E-state index in [-0.39, 0.29) is 12.6 Å².